The van der Waals surface area contributed by atoms with Gasteiger partial charge in [-0.05, 0) is 33.2 Å². The van der Waals surface area contributed by atoms with Crippen molar-refractivity contribution in [2.45, 2.75) is 44.7 Å². The van der Waals surface area contributed by atoms with Crippen LogP contribution in [-0.2, 0) is 4.79 Å². The van der Waals surface area contributed by atoms with Crippen LogP contribution in [0.1, 0.15) is 33.1 Å². The first-order chi connectivity index (χ1) is 6.97. The van der Waals surface area contributed by atoms with Crippen molar-refractivity contribution in [3.8, 4) is 0 Å². The standard InChI is InChI=1S/C11H23N3O/c1-4-11(2,12)10(15)13-7-8-14(3)9-5-6-9/h9H,4-8,12H2,1-3H3,(H,13,15). The molecule has 1 aliphatic rings. The quantitative estimate of drug-likeness (QED) is 0.668. The lowest BCUT2D eigenvalue weighted by atomic mass is 10.00. The molecule has 1 atom stereocenters. The van der Waals surface area contributed by atoms with Crippen molar-refractivity contribution in [2.75, 3.05) is 20.1 Å². The topological polar surface area (TPSA) is 58.4 Å². The Morgan fingerprint density at radius 1 is 1.60 bits per heavy atom. The average Bonchev–Trinajstić information content (AvgIpc) is 3.00. The predicted octanol–water partition coefficient (Wildman–Crippen LogP) is 0.324. The Morgan fingerprint density at radius 2 is 2.20 bits per heavy atom. The van der Waals surface area contributed by atoms with Gasteiger partial charge in [-0.3, -0.25) is 4.79 Å². The normalized spacial score (nSPS) is 20.1. The molecule has 1 fully saturated rings. The zero-order chi connectivity index (χ0) is 11.5. The highest BCUT2D eigenvalue weighted by Gasteiger charge is 2.27. The number of carbonyl (C=O) groups excluding carboxylic acids is 1. The molecule has 0 heterocycles. The molecule has 1 unspecified atom stereocenters. The molecule has 0 aromatic heterocycles. The van der Waals surface area contributed by atoms with Gasteiger partial charge in [0.1, 0.15) is 0 Å². The maximum atomic E-state index is 11.6. The summed E-state index contributed by atoms with van der Waals surface area (Å²) in [6, 6.07) is 0.748. The van der Waals surface area contributed by atoms with Crippen molar-refractivity contribution in [1.29, 1.82) is 0 Å². The molecular formula is C11H23N3O. The van der Waals surface area contributed by atoms with Crippen molar-refractivity contribution in [3.05, 3.63) is 0 Å². The highest BCUT2D eigenvalue weighted by molar-refractivity contribution is 5.85. The van der Waals surface area contributed by atoms with E-state index in [2.05, 4.69) is 17.3 Å². The Balaban J connectivity index is 2.16. The Bertz CT molecular complexity index is 224. The van der Waals surface area contributed by atoms with Crippen molar-refractivity contribution < 1.29 is 4.79 Å². The number of carbonyl (C=O) groups is 1. The van der Waals surface area contributed by atoms with Gasteiger partial charge in [-0.25, -0.2) is 0 Å². The van der Waals surface area contributed by atoms with E-state index in [9.17, 15) is 4.79 Å². The van der Waals surface area contributed by atoms with Crippen LogP contribution in [-0.4, -0.2) is 42.5 Å². The summed E-state index contributed by atoms with van der Waals surface area (Å²) < 4.78 is 0. The summed E-state index contributed by atoms with van der Waals surface area (Å²) in [4.78, 5) is 13.9. The number of rotatable bonds is 6. The van der Waals surface area contributed by atoms with Gasteiger partial charge in [0.05, 0.1) is 5.54 Å². The summed E-state index contributed by atoms with van der Waals surface area (Å²) in [5, 5.41) is 2.88. The lowest BCUT2D eigenvalue weighted by molar-refractivity contribution is -0.125. The minimum Gasteiger partial charge on any atom is -0.353 e. The first kappa shape index (κ1) is 12.5. The minimum absolute atomic E-state index is 0.0470. The van der Waals surface area contributed by atoms with Gasteiger partial charge >= 0.3 is 0 Å². The van der Waals surface area contributed by atoms with Crippen LogP contribution in [0.25, 0.3) is 0 Å². The van der Waals surface area contributed by atoms with E-state index in [0.717, 1.165) is 12.6 Å². The van der Waals surface area contributed by atoms with Crippen LogP contribution in [0.5, 0.6) is 0 Å². The monoisotopic (exact) mass is 213 g/mol. The molecule has 1 saturated carbocycles. The lowest BCUT2D eigenvalue weighted by Gasteiger charge is -2.23. The zero-order valence-corrected chi connectivity index (χ0v) is 10.0. The Kier molecular flexibility index (Phi) is 4.11. The first-order valence-corrected chi connectivity index (χ1v) is 5.75. The van der Waals surface area contributed by atoms with Crippen LogP contribution in [0.4, 0.5) is 0 Å². The first-order valence-electron chi connectivity index (χ1n) is 5.75. The van der Waals surface area contributed by atoms with E-state index in [1.165, 1.54) is 12.8 Å². The third-order valence-electron chi connectivity index (χ3n) is 3.17. The number of nitrogens with two attached hydrogens (primary N) is 1. The molecule has 1 aliphatic carbocycles. The maximum absolute atomic E-state index is 11.6. The summed E-state index contributed by atoms with van der Waals surface area (Å²) in [5.41, 5.74) is 5.10. The number of amides is 1. The fourth-order valence-corrected chi connectivity index (χ4v) is 1.41. The van der Waals surface area contributed by atoms with Crippen molar-refractivity contribution in [3.63, 3.8) is 0 Å². The molecule has 88 valence electrons. The average molecular weight is 213 g/mol. The molecule has 0 radical (unpaired) electrons. The van der Waals surface area contributed by atoms with Gasteiger partial charge in [0.25, 0.3) is 0 Å². The van der Waals surface area contributed by atoms with E-state index >= 15 is 0 Å². The van der Waals surface area contributed by atoms with Crippen LogP contribution in [0.15, 0.2) is 0 Å². The fraction of sp³-hybridized carbons (Fsp3) is 0.909. The van der Waals surface area contributed by atoms with Gasteiger partial charge in [0, 0.05) is 19.1 Å². The predicted molar refractivity (Wildman–Crippen MR) is 61.5 cm³/mol. The van der Waals surface area contributed by atoms with Crippen LogP contribution in [0.3, 0.4) is 0 Å². The van der Waals surface area contributed by atoms with E-state index < -0.39 is 5.54 Å². The zero-order valence-electron chi connectivity index (χ0n) is 10.0. The van der Waals surface area contributed by atoms with Crippen LogP contribution in [0, 0.1) is 0 Å². The van der Waals surface area contributed by atoms with Crippen molar-refractivity contribution >= 4 is 5.91 Å². The highest BCUT2D eigenvalue weighted by atomic mass is 16.2. The summed E-state index contributed by atoms with van der Waals surface area (Å²) in [7, 11) is 2.10. The molecule has 0 aromatic carbocycles. The highest BCUT2D eigenvalue weighted by Crippen LogP contribution is 2.24. The molecule has 0 aromatic rings. The smallest absolute Gasteiger partial charge is 0.239 e. The number of likely N-dealkylation sites (N-methyl/N-ethyl adjacent to an activating group) is 1. The lowest BCUT2D eigenvalue weighted by Crippen LogP contribution is -2.52. The van der Waals surface area contributed by atoms with Gasteiger partial charge in [0.2, 0.25) is 5.91 Å². The molecule has 0 spiro atoms. The molecule has 1 rings (SSSR count). The third-order valence-corrected chi connectivity index (χ3v) is 3.17. The van der Waals surface area contributed by atoms with Gasteiger partial charge in [-0.2, -0.15) is 0 Å². The van der Waals surface area contributed by atoms with E-state index in [1.54, 1.807) is 6.92 Å². The Hall–Kier alpha value is -0.610. The van der Waals surface area contributed by atoms with Gasteiger partial charge in [-0.15, -0.1) is 0 Å². The number of hydrogen-bond donors (Lipinski definition) is 2. The van der Waals surface area contributed by atoms with Gasteiger partial charge in [-0.1, -0.05) is 6.92 Å². The van der Waals surface area contributed by atoms with E-state index in [-0.39, 0.29) is 5.91 Å². The fourth-order valence-electron chi connectivity index (χ4n) is 1.41. The minimum atomic E-state index is -0.724. The van der Waals surface area contributed by atoms with Crippen LogP contribution >= 0.6 is 0 Å². The van der Waals surface area contributed by atoms with Gasteiger partial charge < -0.3 is 16.0 Å². The van der Waals surface area contributed by atoms with Crippen LogP contribution < -0.4 is 11.1 Å². The molecule has 4 nitrogen and oxygen atoms in total. The summed E-state index contributed by atoms with van der Waals surface area (Å²) in [5.74, 6) is -0.0470. The number of nitrogens with one attached hydrogen (secondary N) is 1. The largest absolute Gasteiger partial charge is 0.353 e. The third kappa shape index (κ3) is 3.80. The summed E-state index contributed by atoms with van der Waals surface area (Å²) in [6.45, 7) is 5.30. The second-order valence-corrected chi connectivity index (χ2v) is 4.74. The molecule has 0 aliphatic heterocycles. The number of hydrogen-bond acceptors (Lipinski definition) is 3. The second-order valence-electron chi connectivity index (χ2n) is 4.74. The summed E-state index contributed by atoms with van der Waals surface area (Å²) in [6.07, 6.45) is 3.26. The molecule has 15 heavy (non-hydrogen) atoms. The molecular weight excluding hydrogens is 190 g/mol. The Morgan fingerprint density at radius 3 is 2.67 bits per heavy atom. The van der Waals surface area contributed by atoms with Gasteiger partial charge in [0.15, 0.2) is 0 Å². The van der Waals surface area contributed by atoms with Crippen LogP contribution in [0.2, 0.25) is 0 Å². The van der Waals surface area contributed by atoms with Crippen molar-refractivity contribution in [1.82, 2.24) is 10.2 Å². The molecule has 0 saturated heterocycles. The van der Waals surface area contributed by atoms with E-state index in [4.69, 9.17) is 5.73 Å². The SMILES string of the molecule is CCC(C)(N)C(=O)NCCN(C)C1CC1. The Labute approximate surface area is 92.2 Å². The second kappa shape index (κ2) is 4.94. The molecule has 0 bridgehead atoms. The van der Waals surface area contributed by atoms with E-state index in [1.807, 2.05) is 6.92 Å². The number of nitrogens with zero attached hydrogens (tertiary/aromatic N) is 1. The van der Waals surface area contributed by atoms with Crippen molar-refractivity contribution in [2.24, 2.45) is 5.73 Å². The maximum Gasteiger partial charge on any atom is 0.239 e. The molecule has 1 amide bonds. The molecule has 4 heteroatoms. The van der Waals surface area contributed by atoms with E-state index in [0.29, 0.717) is 13.0 Å². The molecule has 3 N–H and O–H groups in total. The summed E-state index contributed by atoms with van der Waals surface area (Å²) >= 11 is 0.